The average molecular weight is 398 g/mol. The number of benzene rings is 2. The number of amides is 2. The van der Waals surface area contributed by atoms with Gasteiger partial charge in [0.25, 0.3) is 5.91 Å². The van der Waals surface area contributed by atoms with E-state index in [1.165, 1.54) is 7.11 Å². The van der Waals surface area contributed by atoms with E-state index in [0.717, 1.165) is 5.56 Å². The SMILES string of the molecule is COCCOC(=O)CCC(=O)Nc1ccccc1C(=O)NCCc1ccccc1. The Kier molecular flexibility index (Phi) is 9.38. The van der Waals surface area contributed by atoms with Crippen LogP contribution in [-0.2, 0) is 25.5 Å². The fraction of sp³-hybridized carbons (Fsp3) is 0.318. The molecule has 29 heavy (non-hydrogen) atoms. The van der Waals surface area contributed by atoms with Gasteiger partial charge in [-0.25, -0.2) is 0 Å². The van der Waals surface area contributed by atoms with E-state index in [1.807, 2.05) is 30.3 Å². The van der Waals surface area contributed by atoms with E-state index in [2.05, 4.69) is 10.6 Å². The zero-order chi connectivity index (χ0) is 20.9. The first-order valence-corrected chi connectivity index (χ1v) is 9.45. The van der Waals surface area contributed by atoms with Crippen LogP contribution in [0.3, 0.4) is 0 Å². The standard InChI is InChI=1S/C22H26N2O5/c1-28-15-16-29-21(26)12-11-20(25)24-19-10-6-5-9-18(19)22(27)23-14-13-17-7-3-2-4-8-17/h2-10H,11-16H2,1H3,(H,23,27)(H,24,25). The van der Waals surface area contributed by atoms with Crippen LogP contribution in [0.25, 0.3) is 0 Å². The Morgan fingerprint density at radius 3 is 2.38 bits per heavy atom. The van der Waals surface area contributed by atoms with Gasteiger partial charge in [-0.05, 0) is 24.1 Å². The Hall–Kier alpha value is -3.19. The van der Waals surface area contributed by atoms with Gasteiger partial charge in [0.1, 0.15) is 6.61 Å². The molecule has 7 nitrogen and oxygen atoms in total. The average Bonchev–Trinajstić information content (AvgIpc) is 2.73. The van der Waals surface area contributed by atoms with Crippen LogP contribution in [0.5, 0.6) is 0 Å². The number of hydrogen-bond acceptors (Lipinski definition) is 5. The highest BCUT2D eigenvalue weighted by Crippen LogP contribution is 2.15. The lowest BCUT2D eigenvalue weighted by Crippen LogP contribution is -2.27. The van der Waals surface area contributed by atoms with Crippen molar-refractivity contribution in [2.75, 3.05) is 32.2 Å². The predicted molar refractivity (Wildman–Crippen MR) is 110 cm³/mol. The van der Waals surface area contributed by atoms with E-state index < -0.39 is 5.97 Å². The Bertz CT molecular complexity index is 808. The lowest BCUT2D eigenvalue weighted by molar-refractivity contribution is -0.145. The van der Waals surface area contributed by atoms with Gasteiger partial charge >= 0.3 is 5.97 Å². The van der Waals surface area contributed by atoms with Gasteiger partial charge in [-0.15, -0.1) is 0 Å². The second-order valence-corrected chi connectivity index (χ2v) is 6.30. The maximum absolute atomic E-state index is 12.5. The number of ether oxygens (including phenoxy) is 2. The van der Waals surface area contributed by atoms with Crippen molar-refractivity contribution in [1.29, 1.82) is 0 Å². The zero-order valence-corrected chi connectivity index (χ0v) is 16.5. The molecule has 2 N–H and O–H groups in total. The van der Waals surface area contributed by atoms with E-state index >= 15 is 0 Å². The molecule has 0 aliphatic heterocycles. The second-order valence-electron chi connectivity index (χ2n) is 6.30. The third kappa shape index (κ3) is 8.15. The summed E-state index contributed by atoms with van der Waals surface area (Å²) in [6, 6.07) is 16.6. The number of hydrogen-bond donors (Lipinski definition) is 2. The van der Waals surface area contributed by atoms with Crippen molar-refractivity contribution >= 4 is 23.5 Å². The number of anilines is 1. The van der Waals surface area contributed by atoms with Crippen LogP contribution in [0.4, 0.5) is 5.69 Å². The highest BCUT2D eigenvalue weighted by atomic mass is 16.6. The maximum atomic E-state index is 12.5. The van der Waals surface area contributed by atoms with Crippen LogP contribution in [0.15, 0.2) is 54.6 Å². The minimum absolute atomic E-state index is 0.0320. The van der Waals surface area contributed by atoms with E-state index in [-0.39, 0.29) is 31.3 Å². The largest absolute Gasteiger partial charge is 0.463 e. The summed E-state index contributed by atoms with van der Waals surface area (Å²) in [6.07, 6.45) is 0.642. The lowest BCUT2D eigenvalue weighted by Gasteiger charge is -2.11. The molecule has 2 amide bonds. The molecule has 0 fully saturated rings. The number of nitrogens with one attached hydrogen (secondary N) is 2. The minimum Gasteiger partial charge on any atom is -0.463 e. The predicted octanol–water partition coefficient (Wildman–Crippen LogP) is 2.57. The number of carbonyl (C=O) groups excluding carboxylic acids is 3. The van der Waals surface area contributed by atoms with Gasteiger partial charge in [-0.1, -0.05) is 42.5 Å². The summed E-state index contributed by atoms with van der Waals surface area (Å²) < 4.78 is 9.71. The molecular weight excluding hydrogens is 372 g/mol. The number of carbonyl (C=O) groups is 3. The summed E-state index contributed by atoms with van der Waals surface area (Å²) >= 11 is 0. The third-order valence-corrected chi connectivity index (χ3v) is 4.09. The highest BCUT2D eigenvalue weighted by Gasteiger charge is 2.14. The van der Waals surface area contributed by atoms with Crippen molar-refractivity contribution in [1.82, 2.24) is 5.32 Å². The van der Waals surface area contributed by atoms with E-state index in [1.54, 1.807) is 24.3 Å². The fourth-order valence-corrected chi connectivity index (χ4v) is 2.59. The van der Waals surface area contributed by atoms with Crippen molar-refractivity contribution in [2.24, 2.45) is 0 Å². The quantitative estimate of drug-likeness (QED) is 0.448. The van der Waals surface area contributed by atoms with Crippen LogP contribution in [0.1, 0.15) is 28.8 Å². The first-order valence-electron chi connectivity index (χ1n) is 9.45. The third-order valence-electron chi connectivity index (χ3n) is 4.09. The Morgan fingerprint density at radius 1 is 0.897 bits per heavy atom. The van der Waals surface area contributed by atoms with Crippen LogP contribution in [0.2, 0.25) is 0 Å². The smallest absolute Gasteiger partial charge is 0.306 e. The molecule has 0 saturated carbocycles. The van der Waals surface area contributed by atoms with Gasteiger partial charge in [-0.2, -0.15) is 0 Å². The van der Waals surface area contributed by atoms with Gasteiger partial charge in [0.05, 0.1) is 24.3 Å². The van der Waals surface area contributed by atoms with Crippen molar-refractivity contribution in [3.8, 4) is 0 Å². The summed E-state index contributed by atoms with van der Waals surface area (Å²) in [7, 11) is 1.51. The minimum atomic E-state index is -0.468. The Labute approximate surface area is 170 Å². The highest BCUT2D eigenvalue weighted by molar-refractivity contribution is 6.04. The molecule has 0 bridgehead atoms. The molecule has 7 heteroatoms. The molecule has 0 aliphatic rings. The van der Waals surface area contributed by atoms with E-state index in [4.69, 9.17) is 9.47 Å². The Balaban J connectivity index is 1.83. The molecule has 0 atom stereocenters. The van der Waals surface area contributed by atoms with Gasteiger partial charge in [0, 0.05) is 20.1 Å². The molecule has 0 radical (unpaired) electrons. The molecule has 2 rings (SSSR count). The van der Waals surface area contributed by atoms with Crippen molar-refractivity contribution in [2.45, 2.75) is 19.3 Å². The van der Waals surface area contributed by atoms with Gasteiger partial charge in [0.2, 0.25) is 5.91 Å². The van der Waals surface area contributed by atoms with Gasteiger partial charge < -0.3 is 20.1 Å². The zero-order valence-electron chi connectivity index (χ0n) is 16.5. The molecule has 0 saturated heterocycles. The summed E-state index contributed by atoms with van der Waals surface area (Å²) in [6.45, 7) is 0.950. The fourth-order valence-electron chi connectivity index (χ4n) is 2.59. The second kappa shape index (κ2) is 12.3. The van der Waals surface area contributed by atoms with Crippen molar-refractivity contribution in [3.63, 3.8) is 0 Å². The van der Waals surface area contributed by atoms with Crippen molar-refractivity contribution < 1.29 is 23.9 Å². The topological polar surface area (TPSA) is 93.7 Å². The molecule has 0 spiro atoms. The summed E-state index contributed by atoms with van der Waals surface area (Å²) in [5, 5.41) is 5.55. The summed E-state index contributed by atoms with van der Waals surface area (Å²) in [5.74, 6) is -1.10. The van der Waals surface area contributed by atoms with Gasteiger partial charge in [0.15, 0.2) is 0 Å². The maximum Gasteiger partial charge on any atom is 0.306 e. The van der Waals surface area contributed by atoms with E-state index in [0.29, 0.717) is 30.8 Å². The van der Waals surface area contributed by atoms with Gasteiger partial charge in [-0.3, -0.25) is 14.4 Å². The molecule has 0 aliphatic carbocycles. The number of esters is 1. The number of rotatable bonds is 11. The number of para-hydroxylation sites is 1. The summed E-state index contributed by atoms with van der Waals surface area (Å²) in [4.78, 5) is 36.2. The lowest BCUT2D eigenvalue weighted by atomic mass is 10.1. The molecular formula is C22H26N2O5. The number of methoxy groups -OCH3 is 1. The molecule has 154 valence electrons. The van der Waals surface area contributed by atoms with Crippen LogP contribution < -0.4 is 10.6 Å². The van der Waals surface area contributed by atoms with Crippen molar-refractivity contribution in [3.05, 3.63) is 65.7 Å². The molecule has 0 unspecified atom stereocenters. The normalized spacial score (nSPS) is 10.2. The van der Waals surface area contributed by atoms with Crippen LogP contribution >= 0.6 is 0 Å². The molecule has 2 aromatic carbocycles. The van der Waals surface area contributed by atoms with Crippen LogP contribution in [-0.4, -0.2) is 44.7 Å². The monoisotopic (exact) mass is 398 g/mol. The van der Waals surface area contributed by atoms with Crippen LogP contribution in [0, 0.1) is 0 Å². The van der Waals surface area contributed by atoms with E-state index in [9.17, 15) is 14.4 Å². The first kappa shape index (κ1) is 22.1. The molecule has 2 aromatic rings. The Morgan fingerprint density at radius 2 is 1.62 bits per heavy atom. The first-order chi connectivity index (χ1) is 14.1. The molecule has 0 aromatic heterocycles. The molecule has 0 heterocycles. The summed E-state index contributed by atoms with van der Waals surface area (Å²) in [5.41, 5.74) is 1.91.